The number of hydrogen-bond donors (Lipinski definition) is 1. The molecule has 1 atom stereocenters. The first-order chi connectivity index (χ1) is 13.8. The van der Waals surface area contributed by atoms with Crippen LogP contribution in [0.5, 0.6) is 5.75 Å². The predicted octanol–water partition coefficient (Wildman–Crippen LogP) is 3.79. The summed E-state index contributed by atoms with van der Waals surface area (Å²) >= 11 is 1.47. The van der Waals surface area contributed by atoms with E-state index in [0.717, 1.165) is 27.3 Å². The maximum Gasteiger partial charge on any atom is 0.264 e. The molecule has 1 unspecified atom stereocenters. The molecule has 0 spiro atoms. The SMILES string of the molecule is CC(c1ccc(S(N)(=O)=O)cc1)N(C)C(=O)c1cc2c(s1)-c1ccccc1OC2. The lowest BCUT2D eigenvalue weighted by atomic mass is 10.1. The minimum absolute atomic E-state index is 0.0482. The molecular formula is C21H20N2O4S2. The molecule has 2 aromatic carbocycles. The van der Waals surface area contributed by atoms with Gasteiger partial charge in [0.1, 0.15) is 12.4 Å². The molecular weight excluding hydrogens is 408 g/mol. The first-order valence-electron chi connectivity index (χ1n) is 9.00. The van der Waals surface area contributed by atoms with E-state index in [0.29, 0.717) is 11.5 Å². The van der Waals surface area contributed by atoms with Crippen molar-refractivity contribution in [1.29, 1.82) is 0 Å². The summed E-state index contributed by atoms with van der Waals surface area (Å²) in [5, 5.41) is 5.15. The molecule has 4 rings (SSSR count). The van der Waals surface area contributed by atoms with Crippen molar-refractivity contribution in [2.75, 3.05) is 7.05 Å². The molecule has 1 amide bonds. The van der Waals surface area contributed by atoms with E-state index in [4.69, 9.17) is 9.88 Å². The van der Waals surface area contributed by atoms with Crippen LogP contribution < -0.4 is 9.88 Å². The molecule has 1 aliphatic rings. The Balaban J connectivity index is 1.58. The number of sulfonamides is 1. The smallest absolute Gasteiger partial charge is 0.264 e. The van der Waals surface area contributed by atoms with E-state index in [1.807, 2.05) is 37.3 Å². The average molecular weight is 429 g/mol. The number of rotatable bonds is 4. The van der Waals surface area contributed by atoms with Crippen LogP contribution in [-0.2, 0) is 16.6 Å². The fraction of sp³-hybridized carbons (Fsp3) is 0.190. The fourth-order valence-corrected chi connectivity index (χ4v) is 5.01. The molecule has 0 bridgehead atoms. The molecule has 2 heterocycles. The van der Waals surface area contributed by atoms with Crippen molar-refractivity contribution >= 4 is 27.3 Å². The number of carbonyl (C=O) groups is 1. The van der Waals surface area contributed by atoms with E-state index >= 15 is 0 Å². The molecule has 0 saturated heterocycles. The molecule has 0 saturated carbocycles. The summed E-state index contributed by atoms with van der Waals surface area (Å²) in [6, 6.07) is 15.7. The first kappa shape index (κ1) is 19.6. The molecule has 2 N–H and O–H groups in total. The zero-order chi connectivity index (χ0) is 20.8. The van der Waals surface area contributed by atoms with Gasteiger partial charge in [-0.05, 0) is 42.8 Å². The van der Waals surface area contributed by atoms with E-state index in [1.165, 1.54) is 23.5 Å². The van der Waals surface area contributed by atoms with Gasteiger partial charge in [-0.3, -0.25) is 4.79 Å². The number of carbonyl (C=O) groups excluding carboxylic acids is 1. The zero-order valence-corrected chi connectivity index (χ0v) is 17.6. The summed E-state index contributed by atoms with van der Waals surface area (Å²) in [6.45, 7) is 2.35. The van der Waals surface area contributed by atoms with Crippen LogP contribution in [0.2, 0.25) is 0 Å². The predicted molar refractivity (Wildman–Crippen MR) is 112 cm³/mol. The Morgan fingerprint density at radius 3 is 2.55 bits per heavy atom. The van der Waals surface area contributed by atoms with Gasteiger partial charge in [-0.25, -0.2) is 13.6 Å². The lowest BCUT2D eigenvalue weighted by Crippen LogP contribution is -2.29. The Labute approximate surface area is 173 Å². The minimum atomic E-state index is -3.74. The van der Waals surface area contributed by atoms with Crippen LogP contribution in [0, 0.1) is 0 Å². The van der Waals surface area contributed by atoms with Crippen molar-refractivity contribution in [3.8, 4) is 16.2 Å². The number of ether oxygens (including phenoxy) is 1. The summed E-state index contributed by atoms with van der Waals surface area (Å²) in [7, 11) is -2.00. The highest BCUT2D eigenvalue weighted by atomic mass is 32.2. The molecule has 150 valence electrons. The third-order valence-corrected chi connectivity index (χ3v) is 7.25. The summed E-state index contributed by atoms with van der Waals surface area (Å²) in [4.78, 5) is 16.5. The largest absolute Gasteiger partial charge is 0.488 e. The molecule has 0 radical (unpaired) electrons. The van der Waals surface area contributed by atoms with Gasteiger partial charge < -0.3 is 9.64 Å². The molecule has 8 heteroatoms. The van der Waals surface area contributed by atoms with Gasteiger partial charge in [0.15, 0.2) is 0 Å². The van der Waals surface area contributed by atoms with Gasteiger partial charge in [-0.1, -0.05) is 24.3 Å². The number of nitrogens with two attached hydrogens (primary N) is 1. The molecule has 0 aliphatic carbocycles. The van der Waals surface area contributed by atoms with Gasteiger partial charge in [0, 0.05) is 23.1 Å². The Kier molecular flexibility index (Phi) is 4.94. The van der Waals surface area contributed by atoms with Gasteiger partial charge >= 0.3 is 0 Å². The number of thiophene rings is 1. The lowest BCUT2D eigenvalue weighted by molar-refractivity contribution is 0.0747. The number of para-hydroxylation sites is 1. The van der Waals surface area contributed by atoms with Crippen LogP contribution >= 0.6 is 11.3 Å². The van der Waals surface area contributed by atoms with E-state index < -0.39 is 10.0 Å². The van der Waals surface area contributed by atoms with Crippen molar-refractivity contribution < 1.29 is 17.9 Å². The molecule has 1 aliphatic heterocycles. The number of amides is 1. The maximum absolute atomic E-state index is 13.1. The number of primary sulfonamides is 1. The summed E-state index contributed by atoms with van der Waals surface area (Å²) in [5.74, 6) is 0.738. The van der Waals surface area contributed by atoms with Crippen molar-refractivity contribution in [2.24, 2.45) is 5.14 Å². The molecule has 6 nitrogen and oxygen atoms in total. The Hall–Kier alpha value is -2.68. The van der Waals surface area contributed by atoms with Crippen molar-refractivity contribution in [2.45, 2.75) is 24.5 Å². The van der Waals surface area contributed by atoms with Gasteiger partial charge in [0.05, 0.1) is 15.8 Å². The van der Waals surface area contributed by atoms with Crippen LogP contribution in [0.4, 0.5) is 0 Å². The highest BCUT2D eigenvalue weighted by Gasteiger charge is 2.26. The normalized spacial score (nSPS) is 13.8. The van der Waals surface area contributed by atoms with Crippen molar-refractivity contribution in [3.63, 3.8) is 0 Å². The van der Waals surface area contributed by atoms with Crippen molar-refractivity contribution in [1.82, 2.24) is 4.90 Å². The lowest BCUT2D eigenvalue weighted by Gasteiger charge is -2.25. The molecule has 1 aromatic heterocycles. The molecule has 29 heavy (non-hydrogen) atoms. The quantitative estimate of drug-likeness (QED) is 0.685. The summed E-state index contributed by atoms with van der Waals surface area (Å²) in [6.07, 6.45) is 0. The topological polar surface area (TPSA) is 89.7 Å². The summed E-state index contributed by atoms with van der Waals surface area (Å²) in [5.41, 5.74) is 2.84. The molecule has 0 fully saturated rings. The van der Waals surface area contributed by atoms with Crippen molar-refractivity contribution in [3.05, 3.63) is 70.6 Å². The van der Waals surface area contributed by atoms with E-state index in [9.17, 15) is 13.2 Å². The third-order valence-electron chi connectivity index (χ3n) is 5.13. The number of hydrogen-bond acceptors (Lipinski definition) is 5. The second-order valence-corrected chi connectivity index (χ2v) is 9.57. The third kappa shape index (κ3) is 3.66. The van der Waals surface area contributed by atoms with E-state index in [1.54, 1.807) is 24.1 Å². The number of fused-ring (bicyclic) bond motifs is 3. The highest BCUT2D eigenvalue weighted by Crippen LogP contribution is 2.42. The van der Waals surface area contributed by atoms with Crippen LogP contribution in [-0.4, -0.2) is 26.3 Å². The van der Waals surface area contributed by atoms with Crippen LogP contribution in [0.1, 0.15) is 33.8 Å². The number of benzene rings is 2. The van der Waals surface area contributed by atoms with E-state index in [2.05, 4.69) is 0 Å². The van der Waals surface area contributed by atoms with Crippen LogP contribution in [0.25, 0.3) is 10.4 Å². The molecule has 3 aromatic rings. The summed E-state index contributed by atoms with van der Waals surface area (Å²) < 4.78 is 28.6. The monoisotopic (exact) mass is 428 g/mol. The van der Waals surface area contributed by atoms with Gasteiger partial charge in [0.25, 0.3) is 5.91 Å². The maximum atomic E-state index is 13.1. The van der Waals surface area contributed by atoms with Gasteiger partial charge in [0.2, 0.25) is 10.0 Å². The second kappa shape index (κ2) is 7.29. The Morgan fingerprint density at radius 1 is 1.17 bits per heavy atom. The highest BCUT2D eigenvalue weighted by molar-refractivity contribution is 7.89. The second-order valence-electron chi connectivity index (χ2n) is 6.96. The average Bonchev–Trinajstić information content (AvgIpc) is 3.16. The number of nitrogens with zero attached hydrogens (tertiary/aromatic N) is 1. The fourth-order valence-electron chi connectivity index (χ4n) is 3.31. The first-order valence-corrected chi connectivity index (χ1v) is 11.4. The van der Waals surface area contributed by atoms with E-state index in [-0.39, 0.29) is 16.8 Å². The minimum Gasteiger partial charge on any atom is -0.488 e. The zero-order valence-electron chi connectivity index (χ0n) is 16.0. The van der Waals surface area contributed by atoms with Crippen LogP contribution in [0.3, 0.4) is 0 Å². The Morgan fingerprint density at radius 2 is 1.86 bits per heavy atom. The van der Waals surface area contributed by atoms with Gasteiger partial charge in [-0.15, -0.1) is 11.3 Å². The standard InChI is InChI=1S/C21H20N2O4S2/c1-13(14-7-9-16(10-8-14)29(22,25)26)23(2)21(24)19-11-15-12-27-18-6-4-3-5-17(18)20(15)28-19/h3-11,13H,12H2,1-2H3,(H2,22,25,26). The Bertz CT molecular complexity index is 1180. The van der Waals surface area contributed by atoms with Gasteiger partial charge in [-0.2, -0.15) is 0 Å². The van der Waals surface area contributed by atoms with Crippen LogP contribution in [0.15, 0.2) is 59.5 Å².